The average molecular weight is 340 g/mol. The van der Waals surface area contributed by atoms with Crippen LogP contribution in [-0.4, -0.2) is 21.9 Å². The maximum absolute atomic E-state index is 12.5. The highest BCUT2D eigenvalue weighted by molar-refractivity contribution is 7.10. The smallest absolute Gasteiger partial charge is 0.280 e. The molecule has 1 amide bonds. The molecule has 2 N–H and O–H groups in total. The summed E-state index contributed by atoms with van der Waals surface area (Å²) in [5.41, 5.74) is 4.07. The molecule has 0 radical (unpaired) electrons. The summed E-state index contributed by atoms with van der Waals surface area (Å²) in [4.78, 5) is 25.2. The molecule has 0 aliphatic carbocycles. The van der Waals surface area contributed by atoms with Crippen molar-refractivity contribution in [2.24, 2.45) is 5.10 Å². The summed E-state index contributed by atoms with van der Waals surface area (Å²) in [5.74, 6) is -0.217. The van der Waals surface area contributed by atoms with E-state index in [9.17, 15) is 9.59 Å². The lowest BCUT2D eigenvalue weighted by Gasteiger charge is -1.99. The maximum atomic E-state index is 12.5. The van der Waals surface area contributed by atoms with E-state index in [0.29, 0.717) is 11.3 Å². The molecule has 24 heavy (non-hydrogen) atoms. The molecule has 3 aromatic rings. The fourth-order valence-electron chi connectivity index (χ4n) is 2.25. The largest absolute Gasteiger partial charge is 0.295 e. The molecule has 0 saturated heterocycles. The SMILES string of the molecule is Cc1[nH]n(-c2ccccc2)c(=O)c1C=NNC(=O)Cc1cccs1. The van der Waals surface area contributed by atoms with E-state index in [-0.39, 0.29) is 17.9 Å². The number of aryl methyl sites for hydroxylation is 1. The summed E-state index contributed by atoms with van der Waals surface area (Å²) in [6.45, 7) is 1.79. The number of thiophene rings is 1. The number of amides is 1. The van der Waals surface area contributed by atoms with E-state index in [1.165, 1.54) is 22.2 Å². The molecule has 0 fully saturated rings. The molecule has 1 aromatic carbocycles. The monoisotopic (exact) mass is 340 g/mol. The molecule has 0 bridgehead atoms. The van der Waals surface area contributed by atoms with Gasteiger partial charge in [-0.15, -0.1) is 11.3 Å². The second-order valence-electron chi connectivity index (χ2n) is 5.18. The Bertz CT molecular complexity index is 908. The molecule has 0 atom stereocenters. The van der Waals surface area contributed by atoms with E-state index in [0.717, 1.165) is 10.6 Å². The number of nitrogens with zero attached hydrogens (tertiary/aromatic N) is 2. The third-order valence-corrected chi connectivity index (χ3v) is 4.31. The van der Waals surface area contributed by atoms with Crippen LogP contribution < -0.4 is 11.0 Å². The molecule has 0 aliphatic heterocycles. The van der Waals surface area contributed by atoms with Gasteiger partial charge in [-0.25, -0.2) is 10.1 Å². The summed E-state index contributed by atoms with van der Waals surface area (Å²) < 4.78 is 1.45. The second kappa shape index (κ2) is 7.10. The van der Waals surface area contributed by atoms with Crippen molar-refractivity contribution < 1.29 is 4.79 Å². The van der Waals surface area contributed by atoms with Gasteiger partial charge in [-0.1, -0.05) is 24.3 Å². The predicted octanol–water partition coefficient (Wildman–Crippen LogP) is 2.23. The number of aromatic nitrogens is 2. The number of H-pyrrole nitrogens is 1. The van der Waals surface area contributed by atoms with Gasteiger partial charge in [0.15, 0.2) is 0 Å². The van der Waals surface area contributed by atoms with Gasteiger partial charge in [0.2, 0.25) is 5.91 Å². The van der Waals surface area contributed by atoms with Crippen molar-refractivity contribution >= 4 is 23.5 Å². The summed E-state index contributed by atoms with van der Waals surface area (Å²) in [6.07, 6.45) is 1.65. The number of hydrazone groups is 1. The number of para-hydroxylation sites is 1. The number of carbonyl (C=O) groups excluding carboxylic acids is 1. The van der Waals surface area contributed by atoms with Gasteiger partial charge < -0.3 is 0 Å². The van der Waals surface area contributed by atoms with E-state index >= 15 is 0 Å². The number of hydrogen-bond donors (Lipinski definition) is 2. The Morgan fingerprint density at radius 3 is 2.79 bits per heavy atom. The zero-order valence-corrected chi connectivity index (χ0v) is 13.8. The van der Waals surface area contributed by atoms with E-state index in [2.05, 4.69) is 15.6 Å². The Kier molecular flexibility index (Phi) is 4.72. The molecule has 0 spiro atoms. The topological polar surface area (TPSA) is 79.2 Å². The Hall–Kier alpha value is -2.93. The highest BCUT2D eigenvalue weighted by Gasteiger charge is 2.10. The fraction of sp³-hybridized carbons (Fsp3) is 0.118. The van der Waals surface area contributed by atoms with Gasteiger partial charge in [-0.3, -0.25) is 14.7 Å². The summed E-state index contributed by atoms with van der Waals surface area (Å²) in [7, 11) is 0. The van der Waals surface area contributed by atoms with Crippen molar-refractivity contribution in [2.45, 2.75) is 13.3 Å². The first kappa shape index (κ1) is 15.9. The molecule has 122 valence electrons. The molecular weight excluding hydrogens is 324 g/mol. The highest BCUT2D eigenvalue weighted by atomic mass is 32.1. The van der Waals surface area contributed by atoms with Crippen LogP contribution in [0.1, 0.15) is 16.1 Å². The third kappa shape index (κ3) is 3.52. The molecule has 0 aliphatic rings. The van der Waals surface area contributed by atoms with Gasteiger partial charge in [-0.2, -0.15) is 5.10 Å². The van der Waals surface area contributed by atoms with Crippen molar-refractivity contribution in [1.29, 1.82) is 0 Å². The zero-order chi connectivity index (χ0) is 16.9. The standard InChI is InChI=1S/C17H16N4O2S/c1-12-15(11-18-19-16(22)10-14-8-5-9-24-14)17(23)21(20-12)13-6-3-2-4-7-13/h2-9,11,20H,10H2,1H3,(H,19,22). The first-order chi connectivity index (χ1) is 11.6. The molecule has 2 heterocycles. The van der Waals surface area contributed by atoms with Crippen LogP contribution in [0.15, 0.2) is 57.7 Å². The molecule has 6 nitrogen and oxygen atoms in total. The van der Waals surface area contributed by atoms with Gasteiger partial charge in [0.1, 0.15) is 0 Å². The summed E-state index contributed by atoms with van der Waals surface area (Å²) in [5, 5.41) is 8.82. The van der Waals surface area contributed by atoms with Crippen LogP contribution in [0.3, 0.4) is 0 Å². The fourth-order valence-corrected chi connectivity index (χ4v) is 2.95. The lowest BCUT2D eigenvalue weighted by atomic mass is 10.3. The second-order valence-corrected chi connectivity index (χ2v) is 6.21. The number of aromatic amines is 1. The van der Waals surface area contributed by atoms with Crippen LogP contribution in [0.2, 0.25) is 0 Å². The van der Waals surface area contributed by atoms with Crippen LogP contribution >= 0.6 is 11.3 Å². The molecule has 7 heteroatoms. The Labute approximate surface area is 142 Å². The lowest BCUT2D eigenvalue weighted by molar-refractivity contribution is -0.120. The quantitative estimate of drug-likeness (QED) is 0.552. The lowest BCUT2D eigenvalue weighted by Crippen LogP contribution is -2.21. The number of carbonyl (C=O) groups is 1. The number of hydrogen-bond acceptors (Lipinski definition) is 4. The summed E-state index contributed by atoms with van der Waals surface area (Å²) >= 11 is 1.52. The number of rotatable bonds is 5. The van der Waals surface area contributed by atoms with Crippen molar-refractivity contribution in [3.63, 3.8) is 0 Å². The van der Waals surface area contributed by atoms with E-state index in [1.807, 2.05) is 47.8 Å². The summed E-state index contributed by atoms with van der Waals surface area (Å²) in [6, 6.07) is 13.1. The average Bonchev–Trinajstić information content (AvgIpc) is 3.18. The van der Waals surface area contributed by atoms with Gasteiger partial charge in [0, 0.05) is 10.6 Å². The number of benzene rings is 1. The Balaban J connectivity index is 1.72. The predicted molar refractivity (Wildman–Crippen MR) is 94.9 cm³/mol. The minimum Gasteiger partial charge on any atom is -0.295 e. The molecule has 0 saturated carbocycles. The molecule has 2 aromatic heterocycles. The van der Waals surface area contributed by atoms with Gasteiger partial charge in [0.05, 0.1) is 23.9 Å². The zero-order valence-electron chi connectivity index (χ0n) is 13.0. The van der Waals surface area contributed by atoms with Crippen LogP contribution in [0.4, 0.5) is 0 Å². The third-order valence-electron chi connectivity index (χ3n) is 3.43. The van der Waals surface area contributed by atoms with Crippen molar-refractivity contribution in [1.82, 2.24) is 15.2 Å². The van der Waals surface area contributed by atoms with Gasteiger partial charge in [0.25, 0.3) is 5.56 Å². The van der Waals surface area contributed by atoms with E-state index in [4.69, 9.17) is 0 Å². The minimum absolute atomic E-state index is 0.213. The molecule has 0 unspecified atom stereocenters. The van der Waals surface area contributed by atoms with Crippen LogP contribution in [-0.2, 0) is 11.2 Å². The normalized spacial score (nSPS) is 11.0. The number of nitrogens with one attached hydrogen (secondary N) is 2. The van der Waals surface area contributed by atoms with Crippen LogP contribution in [0.5, 0.6) is 0 Å². The minimum atomic E-state index is -0.217. The first-order valence-corrected chi connectivity index (χ1v) is 8.24. The van der Waals surface area contributed by atoms with Crippen molar-refractivity contribution in [3.8, 4) is 5.69 Å². The van der Waals surface area contributed by atoms with Crippen molar-refractivity contribution in [2.75, 3.05) is 0 Å². The van der Waals surface area contributed by atoms with Crippen molar-refractivity contribution in [3.05, 3.63) is 74.3 Å². The maximum Gasteiger partial charge on any atom is 0.280 e. The van der Waals surface area contributed by atoms with Gasteiger partial charge in [-0.05, 0) is 30.5 Å². The van der Waals surface area contributed by atoms with Crippen LogP contribution in [0.25, 0.3) is 5.69 Å². The highest BCUT2D eigenvalue weighted by Crippen LogP contribution is 2.08. The van der Waals surface area contributed by atoms with E-state index in [1.54, 1.807) is 6.92 Å². The Morgan fingerprint density at radius 1 is 1.29 bits per heavy atom. The first-order valence-electron chi connectivity index (χ1n) is 7.36. The Morgan fingerprint density at radius 2 is 2.08 bits per heavy atom. The van der Waals surface area contributed by atoms with E-state index < -0.39 is 0 Å². The molecule has 3 rings (SSSR count). The van der Waals surface area contributed by atoms with Gasteiger partial charge >= 0.3 is 0 Å². The molecular formula is C17H16N4O2S. The van der Waals surface area contributed by atoms with Crippen LogP contribution in [0, 0.1) is 6.92 Å².